The molecule has 37 heavy (non-hydrogen) atoms. The Morgan fingerprint density at radius 3 is 2.16 bits per heavy atom. The molecule has 3 rings (SSSR count). The lowest BCUT2D eigenvalue weighted by Gasteiger charge is -2.29. The minimum absolute atomic E-state index is 0.00697. The van der Waals surface area contributed by atoms with E-state index in [0.717, 1.165) is 13.1 Å². The minimum Gasteiger partial charge on any atom is -0.507 e. The third-order valence-electron chi connectivity index (χ3n) is 6.51. The summed E-state index contributed by atoms with van der Waals surface area (Å²) >= 11 is 0. The molecule has 0 saturated carbocycles. The van der Waals surface area contributed by atoms with E-state index in [2.05, 4.69) is 4.90 Å². The SMILES string of the molecule is CCOc1cccc(/C(O)=C2\C(=O)C(=O)N(CCN(CC)CC)C2c2cc(OC)c(OC)c(OC)c2)c1. The molecule has 0 bridgehead atoms. The van der Waals surface area contributed by atoms with Gasteiger partial charge in [0.05, 0.1) is 39.6 Å². The van der Waals surface area contributed by atoms with Gasteiger partial charge in [-0.15, -0.1) is 0 Å². The van der Waals surface area contributed by atoms with E-state index in [4.69, 9.17) is 18.9 Å². The number of likely N-dealkylation sites (N-methyl/N-ethyl adjacent to an activating group) is 1. The van der Waals surface area contributed by atoms with Crippen LogP contribution >= 0.6 is 0 Å². The van der Waals surface area contributed by atoms with Gasteiger partial charge in [0.25, 0.3) is 11.7 Å². The van der Waals surface area contributed by atoms with Gasteiger partial charge in [-0.25, -0.2) is 0 Å². The second-order valence-electron chi connectivity index (χ2n) is 8.44. The molecule has 2 aromatic carbocycles. The molecule has 1 atom stereocenters. The number of methoxy groups -OCH3 is 3. The van der Waals surface area contributed by atoms with Crippen molar-refractivity contribution in [3.8, 4) is 23.0 Å². The topological polar surface area (TPSA) is 97.8 Å². The molecule has 1 unspecified atom stereocenters. The number of carbonyl (C=O) groups excluding carboxylic acids is 2. The van der Waals surface area contributed by atoms with Gasteiger partial charge in [0.2, 0.25) is 5.75 Å². The first-order valence-corrected chi connectivity index (χ1v) is 12.4. The minimum atomic E-state index is -0.861. The zero-order chi connectivity index (χ0) is 27.1. The van der Waals surface area contributed by atoms with Gasteiger partial charge >= 0.3 is 0 Å². The molecular formula is C28H36N2O7. The van der Waals surface area contributed by atoms with E-state index in [1.807, 2.05) is 20.8 Å². The lowest BCUT2D eigenvalue weighted by molar-refractivity contribution is -0.140. The van der Waals surface area contributed by atoms with Gasteiger partial charge in [-0.1, -0.05) is 26.0 Å². The maximum Gasteiger partial charge on any atom is 0.295 e. The summed E-state index contributed by atoms with van der Waals surface area (Å²) in [5.74, 6) is -0.00557. The monoisotopic (exact) mass is 512 g/mol. The molecule has 200 valence electrons. The van der Waals surface area contributed by atoms with Crippen molar-refractivity contribution in [1.29, 1.82) is 0 Å². The van der Waals surface area contributed by atoms with Crippen LogP contribution in [0.15, 0.2) is 42.0 Å². The molecule has 0 aliphatic carbocycles. The number of hydrogen-bond donors (Lipinski definition) is 1. The molecule has 1 aliphatic rings. The highest BCUT2D eigenvalue weighted by molar-refractivity contribution is 6.46. The van der Waals surface area contributed by atoms with Crippen LogP contribution in [0.25, 0.3) is 5.76 Å². The van der Waals surface area contributed by atoms with E-state index in [1.54, 1.807) is 36.4 Å². The number of ketones is 1. The maximum atomic E-state index is 13.4. The highest BCUT2D eigenvalue weighted by Crippen LogP contribution is 2.45. The Bertz CT molecular complexity index is 1130. The zero-order valence-corrected chi connectivity index (χ0v) is 22.4. The lowest BCUT2D eigenvalue weighted by Crippen LogP contribution is -2.38. The summed E-state index contributed by atoms with van der Waals surface area (Å²) in [4.78, 5) is 30.4. The summed E-state index contributed by atoms with van der Waals surface area (Å²) in [7, 11) is 4.50. The van der Waals surface area contributed by atoms with Crippen LogP contribution in [0.1, 0.15) is 37.9 Å². The number of aliphatic hydroxyl groups excluding tert-OH is 1. The summed E-state index contributed by atoms with van der Waals surface area (Å²) in [5.41, 5.74) is 0.924. The fraction of sp³-hybridized carbons (Fsp3) is 0.429. The average molecular weight is 513 g/mol. The largest absolute Gasteiger partial charge is 0.507 e. The van der Waals surface area contributed by atoms with Crippen molar-refractivity contribution >= 4 is 17.4 Å². The van der Waals surface area contributed by atoms with Crippen molar-refractivity contribution in [2.45, 2.75) is 26.8 Å². The highest BCUT2D eigenvalue weighted by Gasteiger charge is 2.46. The van der Waals surface area contributed by atoms with Gasteiger partial charge in [0.1, 0.15) is 11.5 Å². The molecular weight excluding hydrogens is 476 g/mol. The number of carbonyl (C=O) groups is 2. The number of rotatable bonds is 12. The van der Waals surface area contributed by atoms with Crippen LogP contribution in [0.4, 0.5) is 0 Å². The fourth-order valence-corrected chi connectivity index (χ4v) is 4.56. The van der Waals surface area contributed by atoms with Crippen LogP contribution < -0.4 is 18.9 Å². The number of likely N-dealkylation sites (tertiary alicyclic amines) is 1. The van der Waals surface area contributed by atoms with Crippen LogP contribution in [-0.4, -0.2) is 80.7 Å². The number of Topliss-reactive ketones (excluding diaryl/α,β-unsaturated/α-hetero) is 1. The van der Waals surface area contributed by atoms with Gasteiger partial charge < -0.3 is 33.9 Å². The predicted octanol–water partition coefficient (Wildman–Crippen LogP) is 3.87. The third-order valence-corrected chi connectivity index (χ3v) is 6.51. The quantitative estimate of drug-likeness (QED) is 0.260. The molecule has 0 radical (unpaired) electrons. The van der Waals surface area contributed by atoms with Crippen LogP contribution in [0.5, 0.6) is 23.0 Å². The Morgan fingerprint density at radius 2 is 1.62 bits per heavy atom. The second kappa shape index (κ2) is 12.5. The Hall–Kier alpha value is -3.72. The van der Waals surface area contributed by atoms with Crippen LogP contribution in [0.2, 0.25) is 0 Å². The van der Waals surface area contributed by atoms with Gasteiger partial charge in [-0.3, -0.25) is 9.59 Å². The number of hydrogen-bond acceptors (Lipinski definition) is 8. The van der Waals surface area contributed by atoms with Crippen molar-refractivity contribution in [2.24, 2.45) is 0 Å². The molecule has 1 fully saturated rings. The number of nitrogens with zero attached hydrogens (tertiary/aromatic N) is 2. The van der Waals surface area contributed by atoms with E-state index in [1.165, 1.54) is 26.2 Å². The van der Waals surface area contributed by atoms with Gasteiger partial charge in [-0.2, -0.15) is 0 Å². The van der Waals surface area contributed by atoms with Gasteiger partial charge in [-0.05, 0) is 49.8 Å². The summed E-state index contributed by atoms with van der Waals surface area (Å²) in [6.45, 7) is 8.87. The maximum absolute atomic E-state index is 13.4. The third kappa shape index (κ3) is 5.67. The first-order valence-electron chi connectivity index (χ1n) is 12.4. The van der Waals surface area contributed by atoms with Crippen molar-refractivity contribution in [1.82, 2.24) is 9.80 Å². The number of aliphatic hydroxyl groups is 1. The Kier molecular flexibility index (Phi) is 9.41. The van der Waals surface area contributed by atoms with Crippen molar-refractivity contribution in [3.63, 3.8) is 0 Å². The van der Waals surface area contributed by atoms with Crippen molar-refractivity contribution in [2.75, 3.05) is 54.1 Å². The number of amides is 1. The molecule has 0 aromatic heterocycles. The van der Waals surface area contributed by atoms with E-state index >= 15 is 0 Å². The van der Waals surface area contributed by atoms with E-state index in [0.29, 0.717) is 53.8 Å². The molecule has 1 aliphatic heterocycles. The normalized spacial score (nSPS) is 16.8. The van der Waals surface area contributed by atoms with Gasteiger partial charge in [0.15, 0.2) is 11.5 Å². The highest BCUT2D eigenvalue weighted by atomic mass is 16.5. The van der Waals surface area contributed by atoms with E-state index in [-0.39, 0.29) is 11.3 Å². The molecule has 9 nitrogen and oxygen atoms in total. The first-order chi connectivity index (χ1) is 17.8. The predicted molar refractivity (Wildman–Crippen MR) is 141 cm³/mol. The Balaban J connectivity index is 2.22. The fourth-order valence-electron chi connectivity index (χ4n) is 4.56. The molecule has 2 aromatic rings. The first kappa shape index (κ1) is 27.9. The summed E-state index contributed by atoms with van der Waals surface area (Å²) in [6.07, 6.45) is 0. The van der Waals surface area contributed by atoms with Crippen LogP contribution in [-0.2, 0) is 9.59 Å². The van der Waals surface area contributed by atoms with Crippen LogP contribution in [0, 0.1) is 0 Å². The lowest BCUT2D eigenvalue weighted by atomic mass is 9.94. The average Bonchev–Trinajstić information content (AvgIpc) is 3.17. The Labute approximate surface area is 218 Å². The standard InChI is InChI=1S/C28H36N2O7/c1-7-29(8-2)13-14-30-24(19-16-21(34-4)27(36-6)22(17-19)35-5)23(26(32)28(30)33)25(31)18-11-10-12-20(15-18)37-9-3/h10-12,15-17,24,31H,7-9,13-14H2,1-6H3/b25-23+. The van der Waals surface area contributed by atoms with E-state index in [9.17, 15) is 14.7 Å². The molecule has 0 spiro atoms. The summed E-state index contributed by atoms with van der Waals surface area (Å²) < 4.78 is 22.1. The van der Waals surface area contributed by atoms with Crippen molar-refractivity contribution in [3.05, 3.63) is 53.1 Å². The molecule has 1 saturated heterocycles. The molecule has 1 heterocycles. The summed E-state index contributed by atoms with van der Waals surface area (Å²) in [5, 5.41) is 11.4. The number of benzene rings is 2. The summed E-state index contributed by atoms with van der Waals surface area (Å²) in [6, 6.07) is 9.35. The van der Waals surface area contributed by atoms with Gasteiger partial charge in [0, 0.05) is 18.7 Å². The second-order valence-corrected chi connectivity index (χ2v) is 8.44. The Morgan fingerprint density at radius 1 is 0.973 bits per heavy atom. The molecule has 1 N–H and O–H groups in total. The smallest absolute Gasteiger partial charge is 0.295 e. The van der Waals surface area contributed by atoms with E-state index < -0.39 is 17.7 Å². The molecule has 9 heteroatoms. The number of ether oxygens (including phenoxy) is 4. The van der Waals surface area contributed by atoms with Crippen LogP contribution in [0.3, 0.4) is 0 Å². The zero-order valence-electron chi connectivity index (χ0n) is 22.4. The van der Waals surface area contributed by atoms with Crippen molar-refractivity contribution < 1.29 is 33.6 Å². The molecule has 1 amide bonds.